The Kier molecular flexibility index (Phi) is 25.4. The number of carbonyl (C=O) groups is 8. The van der Waals surface area contributed by atoms with Crippen molar-refractivity contribution in [3.63, 3.8) is 0 Å². The van der Waals surface area contributed by atoms with Crippen LogP contribution in [0.25, 0.3) is 44.3 Å². The molecule has 578 valence electrons. The van der Waals surface area contributed by atoms with Crippen LogP contribution in [0.15, 0.2) is 114 Å². The van der Waals surface area contributed by atoms with Crippen LogP contribution in [0.5, 0.6) is 23.0 Å². The number of esters is 1. The highest BCUT2D eigenvalue weighted by Crippen LogP contribution is 2.40. The lowest BCUT2D eigenvalue weighted by Gasteiger charge is -2.40. The SMILES string of the molecule is CC(C)(C)OC([O-])=N[C@H](C(=O)O)C(C)(C)C.COC(=O)C1(NC(=O)[C@@H]2CC(Oc3cc(-c4ccccc4)nc4cc(OC)ccc34)CN2C(=O)OC(C)(C)C)CCC1.COc1ccc2c(OC3C[C@@H](C(=O)NC4(C(=O)O)CCC4)N(C(=O)[C@@H](NC(=O)OC(C)(C)C)C(C)(C)C)C3)cc(-c3ccccc3)nc2c1. The number of fused-ring (bicyclic) bond motifs is 2. The molecule has 0 spiro atoms. The standard InChI is InChI=1S/C37H46N4O8.C32H37N3O7.C11H21NO4/c1-35(2,3)30(39-34(46)49-36(4,5)6)32(43)41-21-24(19-28(41)31(42)40-37(33(44)45)16-11-17-37)48-29-20-26(22-12-9-8-10-13-22)38-27-18-23(47-7)14-15-25(27)29;1-31(2,3)42-30(38)35-19-22(17-26(35)28(36)34-32(14-9-15-32)29(37)40-5)41-27-18-24(20-10-7-6-8-11-20)33-25-16-21(39-4)12-13-23(25)27;1-10(2,3)7(8(13)14)12-9(15)16-11(4,5)6/h8-10,12-15,18,20,24,28,30H,11,16-17,19,21H2,1-7H3,(H,39,46)(H,40,42)(H,44,45);6-8,10-13,16,18,22,26H,9,14-15,17,19H2,1-5H3,(H,34,36);7H,1-6H3,(H,12,15)(H,13,14)/p-1/t24?,28-,30+;22?,26-;7-/m001/s1. The molecule has 27 nitrogen and oxygen atoms in total. The van der Waals surface area contributed by atoms with Crippen molar-refractivity contribution < 1.29 is 91.6 Å². The van der Waals surface area contributed by atoms with Gasteiger partial charge in [-0.2, -0.15) is 0 Å². The summed E-state index contributed by atoms with van der Waals surface area (Å²) in [7, 11) is 4.48. The quantitative estimate of drug-likeness (QED) is 0.0231. The van der Waals surface area contributed by atoms with Gasteiger partial charge in [0.25, 0.3) is 0 Å². The van der Waals surface area contributed by atoms with Crippen LogP contribution >= 0.6 is 0 Å². The summed E-state index contributed by atoms with van der Waals surface area (Å²) in [6, 6.07) is 30.0. The highest BCUT2D eigenvalue weighted by Gasteiger charge is 2.53. The zero-order valence-corrected chi connectivity index (χ0v) is 64.5. The summed E-state index contributed by atoms with van der Waals surface area (Å²) in [5.41, 5.74) is -1.57. The zero-order chi connectivity index (χ0) is 78.9. The van der Waals surface area contributed by atoms with Crippen molar-refractivity contribution >= 4 is 75.7 Å². The molecule has 2 saturated carbocycles. The molecule has 4 aromatic carbocycles. The molecule has 27 heteroatoms. The number of hydrogen-bond donors (Lipinski definition) is 5. The molecule has 4 aliphatic rings. The average Bonchev–Trinajstić information content (AvgIpc) is 1.69. The second kappa shape index (κ2) is 33.1. The molecular weight excluding hydrogens is 1380 g/mol. The van der Waals surface area contributed by atoms with Crippen LogP contribution in [-0.4, -0.2) is 183 Å². The third-order valence-corrected chi connectivity index (χ3v) is 18.3. The van der Waals surface area contributed by atoms with Crippen molar-refractivity contribution in [3.05, 3.63) is 109 Å². The van der Waals surface area contributed by atoms with Crippen LogP contribution in [0.4, 0.5) is 9.59 Å². The minimum atomic E-state index is -1.38. The number of nitrogens with one attached hydrogen (secondary N) is 3. The topological polar surface area (TPSA) is 355 Å². The van der Waals surface area contributed by atoms with Crippen molar-refractivity contribution in [2.24, 2.45) is 15.8 Å². The fourth-order valence-corrected chi connectivity index (χ4v) is 12.6. The van der Waals surface area contributed by atoms with Gasteiger partial charge in [-0.15, -0.1) is 0 Å². The molecule has 4 heterocycles. The lowest BCUT2D eigenvalue weighted by Crippen LogP contribution is -2.63. The van der Waals surface area contributed by atoms with Gasteiger partial charge in [0, 0.05) is 64.6 Å². The summed E-state index contributed by atoms with van der Waals surface area (Å²) in [6.45, 7) is 26.3. The Hall–Kier alpha value is -10.5. The second-order valence-corrected chi connectivity index (χ2v) is 32.4. The number of alkyl carbamates (subject to hydrolysis) is 1. The number of rotatable bonds is 18. The molecule has 5 amide bonds. The van der Waals surface area contributed by atoms with Gasteiger partial charge < -0.3 is 74.1 Å². The highest BCUT2D eigenvalue weighted by atomic mass is 16.6. The first kappa shape index (κ1) is 82.2. The molecule has 5 N–H and O–H groups in total. The molecule has 2 aromatic heterocycles. The number of carbonyl (C=O) groups excluding carboxylic acids is 6. The number of carboxylic acid groups (broad SMARTS) is 2. The smallest absolute Gasteiger partial charge is 0.411 e. The summed E-state index contributed by atoms with van der Waals surface area (Å²) >= 11 is 0. The van der Waals surface area contributed by atoms with Gasteiger partial charge in [0.05, 0.1) is 56.8 Å². The molecule has 0 bridgehead atoms. The third kappa shape index (κ3) is 21.2. The van der Waals surface area contributed by atoms with Gasteiger partial charge in [0.1, 0.15) is 81.7 Å². The van der Waals surface area contributed by atoms with Gasteiger partial charge in [-0.1, -0.05) is 123 Å². The summed E-state index contributed by atoms with van der Waals surface area (Å²) in [6.07, 6.45) is -0.0628. The minimum absolute atomic E-state index is 0.0141. The normalized spacial score (nSPS) is 18.9. The Morgan fingerprint density at radius 1 is 0.551 bits per heavy atom. The zero-order valence-electron chi connectivity index (χ0n) is 64.5. The Labute approximate surface area is 624 Å². The molecule has 2 saturated heterocycles. The van der Waals surface area contributed by atoms with E-state index < -0.39 is 129 Å². The minimum Gasteiger partial charge on any atom is -0.595 e. The first-order valence-electron chi connectivity index (χ1n) is 35.8. The number of aromatic nitrogens is 2. The Morgan fingerprint density at radius 2 is 0.981 bits per heavy atom. The van der Waals surface area contributed by atoms with E-state index in [0.717, 1.165) is 22.9 Å². The first-order chi connectivity index (χ1) is 49.9. The molecule has 2 aliphatic carbocycles. The van der Waals surface area contributed by atoms with E-state index in [-0.39, 0.29) is 25.9 Å². The number of ether oxygens (including phenoxy) is 8. The van der Waals surface area contributed by atoms with Crippen LogP contribution in [0, 0.1) is 10.8 Å². The summed E-state index contributed by atoms with van der Waals surface area (Å²) < 4.78 is 45.1. The maximum absolute atomic E-state index is 14.4. The third-order valence-electron chi connectivity index (χ3n) is 18.3. The van der Waals surface area contributed by atoms with Crippen molar-refractivity contribution in [2.75, 3.05) is 34.4 Å². The molecule has 107 heavy (non-hydrogen) atoms. The van der Waals surface area contributed by atoms with Gasteiger partial charge in [0.15, 0.2) is 6.04 Å². The molecule has 6 atom stereocenters. The lowest BCUT2D eigenvalue weighted by molar-refractivity contribution is -0.261. The van der Waals surface area contributed by atoms with Crippen molar-refractivity contribution in [3.8, 4) is 45.5 Å². The van der Waals surface area contributed by atoms with E-state index in [1.807, 2.05) is 124 Å². The van der Waals surface area contributed by atoms with Gasteiger partial charge >= 0.3 is 30.1 Å². The predicted molar refractivity (Wildman–Crippen MR) is 399 cm³/mol. The van der Waals surface area contributed by atoms with Crippen LogP contribution in [0.1, 0.15) is 155 Å². The molecule has 2 unspecified atom stereocenters. The van der Waals surface area contributed by atoms with Gasteiger partial charge in [-0.3, -0.25) is 24.3 Å². The van der Waals surface area contributed by atoms with E-state index in [4.69, 9.17) is 53.0 Å². The first-order valence-corrected chi connectivity index (χ1v) is 35.8. The number of hydrogen-bond acceptors (Lipinski definition) is 20. The van der Waals surface area contributed by atoms with Crippen molar-refractivity contribution in [2.45, 2.75) is 219 Å². The van der Waals surface area contributed by atoms with Crippen LogP contribution in [0.3, 0.4) is 0 Å². The number of nitrogens with zero attached hydrogens (tertiary/aromatic N) is 5. The lowest BCUT2D eigenvalue weighted by atomic mass is 9.76. The molecule has 2 aliphatic heterocycles. The Balaban J connectivity index is 0.000000226. The van der Waals surface area contributed by atoms with Crippen LogP contribution in [-0.2, 0) is 47.7 Å². The summed E-state index contributed by atoms with van der Waals surface area (Å²) in [5, 5.41) is 40.1. The van der Waals surface area contributed by atoms with E-state index in [0.29, 0.717) is 82.9 Å². The van der Waals surface area contributed by atoms with Crippen LogP contribution in [0.2, 0.25) is 0 Å². The number of methoxy groups -OCH3 is 3. The number of benzene rings is 4. The Bertz CT molecular complexity index is 4240. The number of carboxylic acids is 2. The van der Waals surface area contributed by atoms with Crippen molar-refractivity contribution in [1.82, 2.24) is 35.7 Å². The monoisotopic (exact) mass is 1480 g/mol. The number of aliphatic carboxylic acids is 2. The molecule has 0 radical (unpaired) electrons. The maximum atomic E-state index is 14.4. The largest absolute Gasteiger partial charge is 0.595 e. The van der Waals surface area contributed by atoms with Gasteiger partial charge in [-0.25, -0.2) is 33.9 Å². The molecule has 6 aromatic rings. The number of likely N-dealkylation sites (tertiary alicyclic amines) is 2. The van der Waals surface area contributed by atoms with Gasteiger partial charge in [0.2, 0.25) is 17.7 Å². The fraction of sp³-hybridized carbons (Fsp3) is 0.512. The maximum Gasteiger partial charge on any atom is 0.411 e. The highest BCUT2D eigenvalue weighted by molar-refractivity contribution is 5.96. The van der Waals surface area contributed by atoms with Crippen LogP contribution < -0.4 is 40.0 Å². The number of aliphatic imine (C=N–C) groups is 1. The average molecular weight is 1480 g/mol. The molecular formula is C80H103N8O19-. The predicted octanol–water partition coefficient (Wildman–Crippen LogP) is 11.2. The van der Waals surface area contributed by atoms with E-state index in [1.165, 1.54) is 16.9 Å². The number of pyridine rings is 2. The van der Waals surface area contributed by atoms with E-state index in [2.05, 4.69) is 20.9 Å². The van der Waals surface area contributed by atoms with E-state index in [1.54, 1.807) is 103 Å². The summed E-state index contributed by atoms with van der Waals surface area (Å²) in [4.78, 5) is 120. The van der Waals surface area contributed by atoms with E-state index in [9.17, 15) is 48.6 Å². The Morgan fingerprint density at radius 3 is 1.36 bits per heavy atom. The number of amides is 5. The van der Waals surface area contributed by atoms with Gasteiger partial charge in [-0.05, 0) is 115 Å². The fourth-order valence-electron chi connectivity index (χ4n) is 12.6. The molecule has 10 rings (SSSR count). The summed E-state index contributed by atoms with van der Waals surface area (Å²) in [5.74, 6) is -1.88. The second-order valence-electron chi connectivity index (χ2n) is 32.4. The van der Waals surface area contributed by atoms with Crippen molar-refractivity contribution in [1.29, 1.82) is 0 Å². The molecule has 4 fully saturated rings. The van der Waals surface area contributed by atoms with E-state index >= 15 is 0 Å².